The lowest BCUT2D eigenvalue weighted by molar-refractivity contribution is -0.143. The Morgan fingerprint density at radius 3 is 2.52 bits per heavy atom. The van der Waals surface area contributed by atoms with Gasteiger partial charge in [0.25, 0.3) is 0 Å². The van der Waals surface area contributed by atoms with Crippen molar-refractivity contribution in [1.82, 2.24) is 19.2 Å². The molecule has 2 aliphatic heterocycles. The number of carbonyl (C=O) groups is 2. The van der Waals surface area contributed by atoms with E-state index in [1.807, 2.05) is 0 Å². The van der Waals surface area contributed by atoms with Crippen LogP contribution in [-0.2, 0) is 29.6 Å². The van der Waals surface area contributed by atoms with Crippen LogP contribution in [0.2, 0.25) is 14.4 Å². The highest BCUT2D eigenvalue weighted by Gasteiger charge is 2.36. The molecule has 3 heterocycles. The number of halogens is 3. The van der Waals surface area contributed by atoms with Gasteiger partial charge in [0.1, 0.15) is 10.9 Å². The predicted molar refractivity (Wildman–Crippen MR) is 156 cm³/mol. The number of hydrogen-bond donors (Lipinski definition) is 2. The largest absolute Gasteiger partial charge is 0.337 e. The molecule has 218 valence electrons. The summed E-state index contributed by atoms with van der Waals surface area (Å²) in [7, 11) is -7.90. The Kier molecular flexibility index (Phi) is 10.2. The summed E-state index contributed by atoms with van der Waals surface area (Å²) in [6.45, 7) is 0.461. The first-order valence-corrected chi connectivity index (χ1v) is 17.3. The van der Waals surface area contributed by atoms with Crippen LogP contribution in [0, 0.1) is 0 Å². The fourth-order valence-corrected chi connectivity index (χ4v) is 8.52. The SMILES string of the molecule is O=C1[C@@H](NS(=O)(=O)/C=C/c2ccc(Cl)s2)CCCN1CC(=O)N1CCC[C@@H]1CNS(=O)(=O)c1cc(Cl)ccc1Cl. The van der Waals surface area contributed by atoms with Crippen molar-refractivity contribution >= 4 is 84.1 Å². The van der Waals surface area contributed by atoms with E-state index < -0.39 is 38.0 Å². The van der Waals surface area contributed by atoms with Gasteiger partial charge in [-0.15, -0.1) is 11.3 Å². The second kappa shape index (κ2) is 13.1. The number of hydrogen-bond acceptors (Lipinski definition) is 7. The number of amides is 2. The zero-order chi connectivity index (χ0) is 29.1. The predicted octanol–water partition coefficient (Wildman–Crippen LogP) is 3.56. The zero-order valence-corrected chi connectivity index (χ0v) is 25.8. The number of piperidine rings is 1. The van der Waals surface area contributed by atoms with E-state index >= 15 is 0 Å². The summed E-state index contributed by atoms with van der Waals surface area (Å²) in [4.78, 5) is 29.6. The molecule has 2 amide bonds. The molecule has 2 fully saturated rings. The standard InChI is InChI=1S/C24H27Cl3N4O6S3/c25-16-5-7-19(26)21(13-16)40(36,37)28-14-17-3-1-11-31(17)23(32)15-30-10-2-4-20(24(30)33)29-39(34,35)12-9-18-6-8-22(27)38-18/h5-9,12-13,17,20,28-29H,1-4,10-11,14-15H2/b12-9+/t17-,20+/m1/s1. The van der Waals surface area contributed by atoms with Crippen LogP contribution in [0.15, 0.2) is 40.6 Å². The first kappa shape index (κ1) is 31.2. The van der Waals surface area contributed by atoms with Crippen LogP contribution >= 0.6 is 46.1 Å². The first-order chi connectivity index (χ1) is 18.8. The smallest absolute Gasteiger partial charge is 0.242 e. The summed E-state index contributed by atoms with van der Waals surface area (Å²) < 4.78 is 56.2. The van der Waals surface area contributed by atoms with Crippen LogP contribution in [0.3, 0.4) is 0 Å². The highest BCUT2D eigenvalue weighted by Crippen LogP contribution is 2.26. The Morgan fingerprint density at radius 1 is 1.05 bits per heavy atom. The van der Waals surface area contributed by atoms with Gasteiger partial charge >= 0.3 is 0 Å². The highest BCUT2D eigenvalue weighted by molar-refractivity contribution is 7.92. The monoisotopic (exact) mass is 668 g/mol. The third kappa shape index (κ3) is 7.97. The van der Waals surface area contributed by atoms with E-state index in [2.05, 4.69) is 9.44 Å². The van der Waals surface area contributed by atoms with E-state index in [9.17, 15) is 26.4 Å². The van der Waals surface area contributed by atoms with Gasteiger partial charge in [-0.05, 0) is 62.1 Å². The van der Waals surface area contributed by atoms with Crippen molar-refractivity contribution in [2.75, 3.05) is 26.2 Å². The molecule has 0 bridgehead atoms. The highest BCUT2D eigenvalue weighted by atomic mass is 35.5. The zero-order valence-electron chi connectivity index (χ0n) is 21.1. The number of benzene rings is 1. The molecule has 1 aromatic carbocycles. The van der Waals surface area contributed by atoms with Gasteiger partial charge in [-0.3, -0.25) is 9.59 Å². The van der Waals surface area contributed by atoms with E-state index in [0.717, 1.165) is 5.41 Å². The number of thiophene rings is 1. The number of nitrogens with zero attached hydrogens (tertiary/aromatic N) is 2. The Morgan fingerprint density at radius 2 is 1.80 bits per heavy atom. The third-order valence-electron chi connectivity index (χ3n) is 6.56. The molecule has 0 saturated carbocycles. The second-order valence-electron chi connectivity index (χ2n) is 9.37. The molecule has 2 aliphatic rings. The van der Waals surface area contributed by atoms with Crippen molar-refractivity contribution in [3.63, 3.8) is 0 Å². The summed E-state index contributed by atoms with van der Waals surface area (Å²) in [5, 5.41) is 1.23. The summed E-state index contributed by atoms with van der Waals surface area (Å²) in [6, 6.07) is 6.06. The minimum atomic E-state index is -3.98. The minimum Gasteiger partial charge on any atom is -0.337 e. The Labute approximate surface area is 252 Å². The summed E-state index contributed by atoms with van der Waals surface area (Å²) in [5.74, 6) is -0.823. The van der Waals surface area contributed by atoms with Gasteiger partial charge in [-0.25, -0.2) is 21.6 Å². The molecule has 0 aliphatic carbocycles. The fourth-order valence-electron chi connectivity index (χ4n) is 4.62. The first-order valence-electron chi connectivity index (χ1n) is 12.3. The number of nitrogens with one attached hydrogen (secondary N) is 2. The van der Waals surface area contributed by atoms with Gasteiger partial charge in [-0.2, -0.15) is 4.72 Å². The van der Waals surface area contributed by atoms with Crippen LogP contribution < -0.4 is 9.44 Å². The van der Waals surface area contributed by atoms with Crippen molar-refractivity contribution in [3.05, 3.63) is 55.0 Å². The number of rotatable bonds is 10. The van der Waals surface area contributed by atoms with Crippen LogP contribution in [0.5, 0.6) is 0 Å². The minimum absolute atomic E-state index is 0.0245. The molecular weight excluding hydrogens is 643 g/mol. The Balaban J connectivity index is 1.34. The molecule has 2 saturated heterocycles. The van der Waals surface area contributed by atoms with Crippen LogP contribution in [0.4, 0.5) is 0 Å². The van der Waals surface area contributed by atoms with E-state index in [4.69, 9.17) is 34.8 Å². The van der Waals surface area contributed by atoms with Gasteiger partial charge in [-0.1, -0.05) is 34.8 Å². The van der Waals surface area contributed by atoms with Crippen molar-refractivity contribution in [3.8, 4) is 0 Å². The molecule has 16 heteroatoms. The van der Waals surface area contributed by atoms with E-state index in [1.54, 1.807) is 17.0 Å². The van der Waals surface area contributed by atoms with E-state index in [0.29, 0.717) is 48.0 Å². The topological polar surface area (TPSA) is 133 Å². The summed E-state index contributed by atoms with van der Waals surface area (Å²) >= 11 is 19.1. The second-order valence-corrected chi connectivity index (χ2v) is 15.3. The van der Waals surface area contributed by atoms with Gasteiger partial charge in [0.15, 0.2) is 0 Å². The maximum Gasteiger partial charge on any atom is 0.242 e. The number of sulfonamides is 2. The molecular formula is C24H27Cl3N4O6S3. The molecule has 0 spiro atoms. The average Bonchev–Trinajstić information content (AvgIpc) is 3.54. The number of carbonyl (C=O) groups excluding carboxylic acids is 2. The van der Waals surface area contributed by atoms with Crippen LogP contribution in [-0.4, -0.2) is 76.7 Å². The quantitative estimate of drug-likeness (QED) is 0.398. The van der Waals surface area contributed by atoms with Gasteiger partial charge in [0.05, 0.1) is 15.9 Å². The van der Waals surface area contributed by atoms with Crippen molar-refractivity contribution in [2.45, 2.75) is 42.7 Å². The van der Waals surface area contributed by atoms with E-state index in [-0.39, 0.29) is 33.9 Å². The summed E-state index contributed by atoms with van der Waals surface area (Å²) in [5.41, 5.74) is 0. The maximum atomic E-state index is 13.2. The normalized spacial score (nSPS) is 20.5. The summed E-state index contributed by atoms with van der Waals surface area (Å²) in [6.07, 6.45) is 3.47. The molecule has 4 rings (SSSR count). The lowest BCUT2D eigenvalue weighted by Crippen LogP contribution is -2.55. The van der Waals surface area contributed by atoms with E-state index in [1.165, 1.54) is 40.5 Å². The van der Waals surface area contributed by atoms with Crippen LogP contribution in [0.25, 0.3) is 6.08 Å². The van der Waals surface area contributed by atoms with Crippen molar-refractivity contribution < 1.29 is 26.4 Å². The van der Waals surface area contributed by atoms with Gasteiger partial charge in [0.2, 0.25) is 31.9 Å². The molecule has 2 N–H and O–H groups in total. The van der Waals surface area contributed by atoms with Gasteiger partial charge in [0, 0.05) is 41.0 Å². The molecule has 0 radical (unpaired) electrons. The molecule has 2 aromatic rings. The molecule has 0 unspecified atom stereocenters. The fraction of sp³-hybridized carbons (Fsp3) is 0.417. The van der Waals surface area contributed by atoms with Crippen molar-refractivity contribution in [2.24, 2.45) is 0 Å². The average molecular weight is 670 g/mol. The molecule has 40 heavy (non-hydrogen) atoms. The molecule has 2 atom stereocenters. The maximum absolute atomic E-state index is 13.2. The lowest BCUT2D eigenvalue weighted by Gasteiger charge is -2.34. The third-order valence-corrected chi connectivity index (χ3v) is 11.0. The molecule has 1 aromatic heterocycles. The Hall–Kier alpha value is -1.71. The van der Waals surface area contributed by atoms with Crippen molar-refractivity contribution in [1.29, 1.82) is 0 Å². The number of likely N-dealkylation sites (tertiary alicyclic amines) is 2. The molecule has 10 nitrogen and oxygen atoms in total. The van der Waals surface area contributed by atoms with Gasteiger partial charge < -0.3 is 9.80 Å². The Bertz CT molecular complexity index is 1510. The van der Waals surface area contributed by atoms with Crippen LogP contribution in [0.1, 0.15) is 30.6 Å². The lowest BCUT2D eigenvalue weighted by atomic mass is 10.1.